The molecule has 4 N–H and O–H groups in total. The van der Waals surface area contributed by atoms with E-state index in [-0.39, 0.29) is 53.2 Å². The van der Waals surface area contributed by atoms with Crippen LogP contribution in [-0.4, -0.2) is 111 Å². The lowest BCUT2D eigenvalue weighted by Crippen LogP contribution is -2.57. The second-order valence-corrected chi connectivity index (χ2v) is 13.0. The first-order chi connectivity index (χ1) is 23.5. The Labute approximate surface area is 288 Å². The number of aromatic nitrogens is 2. The van der Waals surface area contributed by atoms with Crippen LogP contribution in [0.3, 0.4) is 0 Å². The molecule has 1 aromatic heterocycles. The van der Waals surface area contributed by atoms with E-state index in [1.165, 1.54) is 7.11 Å². The molecule has 2 fully saturated rings. The van der Waals surface area contributed by atoms with Crippen molar-refractivity contribution >= 4 is 67.7 Å². The average molecular weight is 660 g/mol. The number of methoxy groups -OCH3 is 1. The molecule has 0 bridgehead atoms. The number of nitrogens with one attached hydrogen (secondary N) is 4. The van der Waals surface area contributed by atoms with Crippen LogP contribution >= 0.6 is 0 Å². The smallest absolute Gasteiger partial charge is 0.289 e. The number of rotatable bonds is 12. The minimum absolute atomic E-state index is 0.0542. The Bertz CT molecular complexity index is 1780. The molecule has 1 aromatic carbocycles. The number of likely N-dealkylation sites (N-methyl/N-ethyl adjacent to an activating group) is 1. The van der Waals surface area contributed by atoms with Crippen molar-refractivity contribution < 1.29 is 23.7 Å². The molecule has 15 heteroatoms. The molecule has 250 valence electrons. The molecule has 0 atom stereocenters. The third kappa shape index (κ3) is 7.71. The highest BCUT2D eigenvalue weighted by atomic mass is 16.5. The number of amides is 3. The van der Waals surface area contributed by atoms with Gasteiger partial charge in [-0.1, -0.05) is 24.6 Å². The van der Waals surface area contributed by atoms with Gasteiger partial charge in [0.1, 0.15) is 25.9 Å². The number of hydrogen-bond acceptors (Lipinski definition) is 9. The van der Waals surface area contributed by atoms with Gasteiger partial charge in [0.2, 0.25) is 5.91 Å². The summed E-state index contributed by atoms with van der Waals surface area (Å²) in [7, 11) is 17.9. The monoisotopic (exact) mass is 660 g/mol. The number of benzene rings is 1. The largest absolute Gasteiger partial charge is 0.494 e. The van der Waals surface area contributed by atoms with Gasteiger partial charge >= 0.3 is 0 Å². The lowest BCUT2D eigenvalue weighted by Gasteiger charge is -2.42. The maximum absolute atomic E-state index is 13.5. The number of amidine groups is 1. The number of aliphatic imine (C=N–C) groups is 1. The van der Waals surface area contributed by atoms with E-state index in [0.29, 0.717) is 18.0 Å². The summed E-state index contributed by atoms with van der Waals surface area (Å²) in [4.78, 5) is 45.4. The number of ether oxygens (including phenoxy) is 1. The summed E-state index contributed by atoms with van der Waals surface area (Å²) in [5.41, 5.74) is 3.29. The number of nitrogens with zero attached hydrogens (tertiary/aromatic N) is 5. The van der Waals surface area contributed by atoms with E-state index in [1.54, 1.807) is 30.3 Å². The summed E-state index contributed by atoms with van der Waals surface area (Å²) in [6.07, 6.45) is 11.2. The molecule has 0 saturated heterocycles. The molecule has 2 aromatic rings. The van der Waals surface area contributed by atoms with Crippen molar-refractivity contribution in [1.82, 2.24) is 25.7 Å². The first kappa shape index (κ1) is 33.9. The maximum atomic E-state index is 13.5. The van der Waals surface area contributed by atoms with E-state index < -0.39 is 11.2 Å². The summed E-state index contributed by atoms with van der Waals surface area (Å²) < 4.78 is 8.01. The van der Waals surface area contributed by atoms with Gasteiger partial charge in [-0.15, -0.1) is 10.2 Å². The first-order valence-electron chi connectivity index (χ1n) is 16.6. The number of carbonyl (C=O) groups is 3. The number of anilines is 3. The standard InChI is InChI=1S/C34H39B2N9O4/c1-44-15-5-4-10-23(44)19-45(2)33(48)30-37-17-21(18-38-30)24-11-7-12-25(29(24)49-3)39-26-16-27(40-31(46)20-13-14-20)42-43-28(26)32(47)41-34(35,36)22-8-6-9-22/h4,7,10-12,16-17,20,22H,5-6,8-9,13-15,18-19H2,1-3H3,(H3-,37,38,39,40,41,42,46,47)/p+1. The van der Waals surface area contributed by atoms with Gasteiger partial charge in [-0.3, -0.25) is 19.4 Å². The SMILES string of the molecule is [B]C([B])(NC(=O)c1nnc(NC(=O)C2CC2)cc1Nc1cccc(C2=CNC(C(=O)N(C)CC3=[N+](C)CCC=C3)=NC2)c1OC)C1CCC1. The van der Waals surface area contributed by atoms with Gasteiger partial charge in [0.15, 0.2) is 23.1 Å². The van der Waals surface area contributed by atoms with Crippen molar-refractivity contribution in [3.63, 3.8) is 0 Å². The van der Waals surface area contributed by atoms with Gasteiger partial charge in [0.25, 0.3) is 11.8 Å². The fraction of sp³-hybridized carbons (Fsp3) is 0.441. The Balaban J connectivity index is 1.22. The first-order valence-corrected chi connectivity index (χ1v) is 16.6. The van der Waals surface area contributed by atoms with Gasteiger partial charge in [0, 0.05) is 48.9 Å². The van der Waals surface area contributed by atoms with Crippen LogP contribution in [0.5, 0.6) is 5.75 Å². The minimum Gasteiger partial charge on any atom is -0.494 e. The Morgan fingerprint density at radius 3 is 2.59 bits per heavy atom. The van der Waals surface area contributed by atoms with Gasteiger partial charge in [-0.25, -0.2) is 4.58 Å². The molecule has 2 aliphatic carbocycles. The topological polar surface area (TPSA) is 153 Å². The molecule has 0 unspecified atom stereocenters. The lowest BCUT2D eigenvalue weighted by atomic mass is 9.50. The second-order valence-electron chi connectivity index (χ2n) is 13.0. The van der Waals surface area contributed by atoms with E-state index in [4.69, 9.17) is 20.4 Å². The third-order valence-electron chi connectivity index (χ3n) is 9.32. The third-order valence-corrected chi connectivity index (χ3v) is 9.32. The molecular weight excluding hydrogens is 620 g/mol. The van der Waals surface area contributed by atoms with E-state index >= 15 is 0 Å². The quantitative estimate of drug-likeness (QED) is 0.199. The van der Waals surface area contributed by atoms with E-state index in [1.807, 2.05) is 19.2 Å². The Morgan fingerprint density at radius 2 is 1.94 bits per heavy atom. The van der Waals surface area contributed by atoms with Crippen LogP contribution in [0.2, 0.25) is 0 Å². The highest BCUT2D eigenvalue weighted by molar-refractivity contribution is 6.41. The summed E-state index contributed by atoms with van der Waals surface area (Å²) in [5, 5.41) is 18.7. The van der Waals surface area contributed by atoms with E-state index in [2.05, 4.69) is 53.2 Å². The number of carbonyl (C=O) groups excluding carboxylic acids is 3. The zero-order valence-corrected chi connectivity index (χ0v) is 28.1. The Kier molecular flexibility index (Phi) is 9.89. The maximum Gasteiger partial charge on any atom is 0.289 e. The van der Waals surface area contributed by atoms with Gasteiger partial charge in [-0.05, 0) is 43.0 Å². The van der Waals surface area contributed by atoms with Crippen LogP contribution in [0.15, 0.2) is 47.6 Å². The molecule has 49 heavy (non-hydrogen) atoms. The van der Waals surface area contributed by atoms with Crippen molar-refractivity contribution in [2.24, 2.45) is 16.8 Å². The van der Waals surface area contributed by atoms with Crippen LogP contribution in [0.1, 0.15) is 54.6 Å². The van der Waals surface area contributed by atoms with E-state index in [9.17, 15) is 14.4 Å². The molecule has 13 nitrogen and oxygen atoms in total. The Morgan fingerprint density at radius 1 is 1.14 bits per heavy atom. The molecule has 2 saturated carbocycles. The van der Waals surface area contributed by atoms with Crippen LogP contribution < -0.4 is 26.0 Å². The van der Waals surface area contributed by atoms with Gasteiger partial charge < -0.3 is 30.9 Å². The van der Waals surface area contributed by atoms with Crippen molar-refractivity contribution in [3.05, 3.63) is 53.9 Å². The van der Waals surface area contributed by atoms with Crippen molar-refractivity contribution in [1.29, 1.82) is 0 Å². The second kappa shape index (κ2) is 14.3. The average Bonchev–Trinajstić information content (AvgIpc) is 3.90. The highest BCUT2D eigenvalue weighted by Gasteiger charge is 2.35. The number of hydrogen-bond donors (Lipinski definition) is 4. The summed E-state index contributed by atoms with van der Waals surface area (Å²) in [6.45, 7) is 1.62. The zero-order valence-electron chi connectivity index (χ0n) is 28.1. The van der Waals surface area contributed by atoms with Gasteiger partial charge in [0.05, 0.1) is 40.7 Å². The summed E-state index contributed by atoms with van der Waals surface area (Å²) in [5.74, 6) is -0.173. The predicted molar refractivity (Wildman–Crippen MR) is 190 cm³/mol. The molecular formula is C34H40B2N9O4+. The zero-order chi connectivity index (χ0) is 34.7. The van der Waals surface area contributed by atoms with Crippen LogP contribution in [0, 0.1) is 11.8 Å². The molecule has 2 aliphatic heterocycles. The summed E-state index contributed by atoms with van der Waals surface area (Å²) in [6, 6.07) is 7.04. The predicted octanol–water partition coefficient (Wildman–Crippen LogP) is 1.94. The van der Waals surface area contributed by atoms with Crippen LogP contribution in [0.4, 0.5) is 17.2 Å². The molecule has 3 heterocycles. The molecule has 0 spiro atoms. The molecule has 4 radical (unpaired) electrons. The molecule has 4 aliphatic rings. The van der Waals surface area contributed by atoms with Crippen molar-refractivity contribution in [3.8, 4) is 5.75 Å². The highest BCUT2D eigenvalue weighted by Crippen LogP contribution is 2.37. The fourth-order valence-electron chi connectivity index (χ4n) is 5.92. The van der Waals surface area contributed by atoms with Gasteiger partial charge in [-0.2, -0.15) is 0 Å². The normalized spacial score (nSPS) is 17.6. The van der Waals surface area contributed by atoms with E-state index in [0.717, 1.165) is 61.9 Å². The van der Waals surface area contributed by atoms with Crippen LogP contribution in [0.25, 0.3) is 5.57 Å². The van der Waals surface area contributed by atoms with Crippen LogP contribution in [-0.2, 0) is 9.59 Å². The number of para-hydroxylation sites is 1. The summed E-state index contributed by atoms with van der Waals surface area (Å²) >= 11 is 0. The fourth-order valence-corrected chi connectivity index (χ4v) is 5.92. The lowest BCUT2D eigenvalue weighted by molar-refractivity contribution is -0.497. The van der Waals surface area contributed by atoms with Crippen molar-refractivity contribution in [2.75, 3.05) is 51.5 Å². The van der Waals surface area contributed by atoms with Crippen molar-refractivity contribution in [2.45, 2.75) is 43.9 Å². The molecule has 3 amide bonds. The molecule has 6 rings (SSSR count). The minimum atomic E-state index is -1.41. The Hall–Kier alpha value is -4.94.